The highest BCUT2D eigenvalue weighted by molar-refractivity contribution is 7.98. The van der Waals surface area contributed by atoms with Gasteiger partial charge in [0.15, 0.2) is 11.5 Å². The monoisotopic (exact) mass is 595 g/mol. The summed E-state index contributed by atoms with van der Waals surface area (Å²) in [5.74, 6) is -0.332. The zero-order valence-electron chi connectivity index (χ0n) is 22.9. The number of nitrogens with zero attached hydrogens (tertiary/aromatic N) is 1. The Morgan fingerprint density at radius 2 is 1.85 bits per heavy atom. The molecule has 11 heteroatoms. The van der Waals surface area contributed by atoms with Crippen LogP contribution in [0, 0.1) is 19.8 Å². The Morgan fingerprint density at radius 1 is 1.18 bits per heavy atom. The van der Waals surface area contributed by atoms with Crippen molar-refractivity contribution in [1.82, 2.24) is 15.2 Å². The third-order valence-corrected chi connectivity index (χ3v) is 10.0. The van der Waals surface area contributed by atoms with Gasteiger partial charge >= 0.3 is 0 Å². The van der Waals surface area contributed by atoms with Crippen molar-refractivity contribution < 1.29 is 19.0 Å². The molecule has 0 spiro atoms. The predicted molar refractivity (Wildman–Crippen MR) is 154 cm³/mol. The molecular weight excluding hydrogens is 561 g/mol. The number of hydrogen-bond acceptors (Lipinski definition) is 7. The maximum Gasteiger partial charge on any atom is 0.254 e. The number of pyridine rings is 1. The highest BCUT2D eigenvalue weighted by Gasteiger charge is 2.49. The van der Waals surface area contributed by atoms with E-state index in [9.17, 15) is 9.59 Å². The number of aromatic amines is 1. The topological polar surface area (TPSA) is 92.9 Å². The van der Waals surface area contributed by atoms with E-state index in [1.165, 1.54) is 11.8 Å². The van der Waals surface area contributed by atoms with E-state index in [0.717, 1.165) is 49.4 Å². The molecule has 1 atom stereocenters. The third-order valence-electron chi connectivity index (χ3n) is 8.41. The van der Waals surface area contributed by atoms with Crippen LogP contribution in [-0.4, -0.2) is 60.2 Å². The van der Waals surface area contributed by atoms with Gasteiger partial charge in [0.1, 0.15) is 5.02 Å². The second-order valence-corrected chi connectivity index (χ2v) is 12.4. The number of amides is 1. The summed E-state index contributed by atoms with van der Waals surface area (Å²) in [4.78, 5) is 32.0. The molecule has 212 valence electrons. The van der Waals surface area contributed by atoms with Gasteiger partial charge in [-0.25, -0.2) is 0 Å². The lowest BCUT2D eigenvalue weighted by Crippen LogP contribution is -2.57. The van der Waals surface area contributed by atoms with Gasteiger partial charge in [-0.2, -0.15) is 0 Å². The maximum absolute atomic E-state index is 13.3. The van der Waals surface area contributed by atoms with E-state index in [4.69, 9.17) is 37.4 Å². The van der Waals surface area contributed by atoms with Gasteiger partial charge in [0.25, 0.3) is 17.3 Å². The Bertz CT molecular complexity index is 1340. The van der Waals surface area contributed by atoms with Crippen LogP contribution in [0.1, 0.15) is 59.8 Å². The Kier molecular flexibility index (Phi) is 8.19. The summed E-state index contributed by atoms with van der Waals surface area (Å²) in [5.41, 5.74) is 1.79. The lowest BCUT2D eigenvalue weighted by atomic mass is 9.80. The molecule has 0 bridgehead atoms. The number of methoxy groups -OCH3 is 1. The van der Waals surface area contributed by atoms with Crippen molar-refractivity contribution in [2.45, 2.75) is 75.8 Å². The van der Waals surface area contributed by atoms with E-state index < -0.39 is 11.7 Å². The molecule has 1 aromatic carbocycles. The van der Waals surface area contributed by atoms with E-state index in [-0.39, 0.29) is 33.6 Å². The molecule has 39 heavy (non-hydrogen) atoms. The highest BCUT2D eigenvalue weighted by Crippen LogP contribution is 2.54. The van der Waals surface area contributed by atoms with Crippen LogP contribution in [0.4, 0.5) is 0 Å². The fourth-order valence-corrected chi connectivity index (χ4v) is 7.25. The van der Waals surface area contributed by atoms with Crippen LogP contribution in [0.25, 0.3) is 0 Å². The van der Waals surface area contributed by atoms with E-state index in [1.54, 1.807) is 14.0 Å². The number of benzene rings is 1. The molecular formula is C28H35Cl2N3O5S. The number of carbonyl (C=O) groups is 1. The molecule has 8 nitrogen and oxygen atoms in total. The lowest BCUT2D eigenvalue weighted by Gasteiger charge is -2.47. The minimum atomic E-state index is -0.896. The maximum atomic E-state index is 13.3. The smallest absolute Gasteiger partial charge is 0.254 e. The van der Waals surface area contributed by atoms with E-state index in [0.29, 0.717) is 34.8 Å². The molecule has 5 rings (SSSR count). The van der Waals surface area contributed by atoms with Crippen molar-refractivity contribution in [2.75, 3.05) is 26.5 Å². The third kappa shape index (κ3) is 5.28. The van der Waals surface area contributed by atoms with Gasteiger partial charge in [-0.15, -0.1) is 11.8 Å². The molecule has 1 amide bonds. The van der Waals surface area contributed by atoms with Crippen LogP contribution < -0.4 is 20.3 Å². The summed E-state index contributed by atoms with van der Waals surface area (Å²) in [6.45, 7) is 7.59. The number of rotatable bonds is 7. The number of ether oxygens (including phenoxy) is 3. The number of nitrogens with one attached hydrogen (secondary N) is 2. The lowest BCUT2D eigenvalue weighted by molar-refractivity contribution is -0.130. The Morgan fingerprint density at radius 3 is 2.49 bits per heavy atom. The van der Waals surface area contributed by atoms with Crippen LogP contribution >= 0.6 is 35.0 Å². The normalized spacial score (nSPS) is 25.0. The molecule has 2 N–H and O–H groups in total. The number of H-pyrrole nitrogens is 1. The van der Waals surface area contributed by atoms with Gasteiger partial charge in [-0.05, 0) is 51.9 Å². The van der Waals surface area contributed by atoms with Crippen LogP contribution in [0.2, 0.25) is 10.0 Å². The number of carbonyl (C=O) groups excluding carboxylic acids is 1. The van der Waals surface area contributed by atoms with Crippen LogP contribution in [-0.2, 0) is 11.3 Å². The van der Waals surface area contributed by atoms with E-state index >= 15 is 0 Å². The average Bonchev–Trinajstić information content (AvgIpc) is 3.25. The molecule has 1 aliphatic carbocycles. The fourth-order valence-electron chi connectivity index (χ4n) is 6.01. The second kappa shape index (κ2) is 11.2. The summed E-state index contributed by atoms with van der Waals surface area (Å²) >= 11 is 14.7. The van der Waals surface area contributed by atoms with Crippen molar-refractivity contribution in [1.29, 1.82) is 0 Å². The molecule has 2 fully saturated rings. The Hall–Kier alpha value is -1.91. The zero-order chi connectivity index (χ0) is 28.1. The first kappa shape index (κ1) is 28.6. The molecule has 2 aliphatic heterocycles. The fraction of sp³-hybridized carbons (Fsp3) is 0.571. The number of aromatic nitrogens is 1. The second-order valence-electron chi connectivity index (χ2n) is 10.8. The zero-order valence-corrected chi connectivity index (χ0v) is 25.2. The van der Waals surface area contributed by atoms with Crippen molar-refractivity contribution in [3.63, 3.8) is 0 Å². The van der Waals surface area contributed by atoms with Crippen LogP contribution in [0.5, 0.6) is 11.5 Å². The Balaban J connectivity index is 1.31. The molecule has 1 aromatic heterocycles. The van der Waals surface area contributed by atoms with Gasteiger partial charge in [-0.3, -0.25) is 14.5 Å². The minimum absolute atomic E-state index is 0.0511. The molecule has 1 unspecified atom stereocenters. The first-order chi connectivity index (χ1) is 18.6. The average molecular weight is 597 g/mol. The molecule has 1 saturated heterocycles. The summed E-state index contributed by atoms with van der Waals surface area (Å²) in [6, 6.07) is 2.44. The summed E-state index contributed by atoms with van der Waals surface area (Å²) in [7, 11) is 1.77. The van der Waals surface area contributed by atoms with Crippen molar-refractivity contribution >= 4 is 40.9 Å². The summed E-state index contributed by atoms with van der Waals surface area (Å²) < 4.78 is 18.2. The van der Waals surface area contributed by atoms with Crippen molar-refractivity contribution in [2.24, 2.45) is 5.92 Å². The molecule has 2 aromatic rings. The van der Waals surface area contributed by atoms with E-state index in [2.05, 4.69) is 15.2 Å². The van der Waals surface area contributed by atoms with Gasteiger partial charge < -0.3 is 24.5 Å². The predicted octanol–water partition coefficient (Wildman–Crippen LogP) is 5.33. The number of likely N-dealkylation sites (tertiary alicyclic amines) is 1. The van der Waals surface area contributed by atoms with Crippen molar-refractivity contribution in [3.8, 4) is 11.5 Å². The minimum Gasteiger partial charge on any atom is -0.448 e. The molecule has 1 saturated carbocycles. The number of halogens is 2. The van der Waals surface area contributed by atoms with Gasteiger partial charge in [0.05, 0.1) is 16.7 Å². The quantitative estimate of drug-likeness (QED) is 0.418. The van der Waals surface area contributed by atoms with Crippen molar-refractivity contribution in [3.05, 3.63) is 48.8 Å². The molecule has 3 aliphatic rings. The first-order valence-corrected chi connectivity index (χ1v) is 15.3. The highest BCUT2D eigenvalue weighted by atomic mass is 35.5. The molecule has 0 radical (unpaired) electrons. The number of thioether (sulfide) groups is 1. The number of fused-ring (bicyclic) bond motifs is 1. The standard InChI is InChI=1S/C28H35Cl2N3O5S/c1-14-10-20(39-5)19(26(34)32-14)11-31-27(35)21-15(2)24-25(23(30)22(21)29)38-28(3,37-24)16-6-8-17(9-7-16)33-12-18(13-33)36-4/h10,16-18H,6-9,11-13H2,1-5H3,(H,31,35)(H,32,34)/t16-,17+,28?. The SMILES string of the molecule is COC1CN([C@H]2CC[C@@H](C3(C)Oc4c(C)c(C(=O)NCc5c(SC)cc(C)[nH]c5=O)c(Cl)c(Cl)c4O3)CC2)C1. The number of aryl methyl sites for hydroxylation is 1. The largest absolute Gasteiger partial charge is 0.448 e. The van der Waals surface area contributed by atoms with Gasteiger partial charge in [0.2, 0.25) is 0 Å². The number of hydrogen-bond donors (Lipinski definition) is 2. The summed E-state index contributed by atoms with van der Waals surface area (Å²) in [6.07, 6.45) is 6.30. The Labute approximate surface area is 243 Å². The first-order valence-electron chi connectivity index (χ1n) is 13.3. The molecule has 3 heterocycles. The summed E-state index contributed by atoms with van der Waals surface area (Å²) in [5, 5.41) is 3.11. The van der Waals surface area contributed by atoms with Gasteiger partial charge in [-0.1, -0.05) is 23.2 Å². The van der Waals surface area contributed by atoms with Crippen LogP contribution in [0.15, 0.2) is 15.8 Å². The van der Waals surface area contributed by atoms with E-state index in [1.807, 2.05) is 26.2 Å². The van der Waals surface area contributed by atoms with Gasteiger partial charge in [0, 0.05) is 67.3 Å². The van der Waals surface area contributed by atoms with Crippen LogP contribution in [0.3, 0.4) is 0 Å².